The van der Waals surface area contributed by atoms with Crippen LogP contribution in [0.1, 0.15) is 32.4 Å². The number of hydrogen-bond donors (Lipinski definition) is 1. The topological polar surface area (TPSA) is 70.5 Å². The molecule has 0 saturated carbocycles. The van der Waals surface area contributed by atoms with Crippen molar-refractivity contribution in [3.8, 4) is 0 Å². The number of amides is 1. The van der Waals surface area contributed by atoms with E-state index in [4.69, 9.17) is 11.6 Å². The summed E-state index contributed by atoms with van der Waals surface area (Å²) in [7, 11) is 0. The maximum absolute atomic E-state index is 13.0. The van der Waals surface area contributed by atoms with E-state index in [1.165, 1.54) is 4.90 Å². The third-order valence-electron chi connectivity index (χ3n) is 4.26. The van der Waals surface area contributed by atoms with Crippen LogP contribution in [0.15, 0.2) is 60.1 Å². The van der Waals surface area contributed by atoms with Crippen molar-refractivity contribution < 1.29 is 14.7 Å². The normalized spacial score (nSPS) is 17.8. The minimum absolute atomic E-state index is 0.101. The van der Waals surface area contributed by atoms with Gasteiger partial charge in [-0.1, -0.05) is 32.4 Å². The van der Waals surface area contributed by atoms with Gasteiger partial charge in [0.05, 0.1) is 11.6 Å². The van der Waals surface area contributed by atoms with Crippen molar-refractivity contribution >= 4 is 29.0 Å². The molecule has 1 aromatic heterocycles. The molecule has 1 atom stereocenters. The van der Waals surface area contributed by atoms with Crippen LogP contribution in [0.2, 0.25) is 5.02 Å². The molecule has 0 radical (unpaired) electrons. The van der Waals surface area contributed by atoms with E-state index in [1.54, 1.807) is 69.6 Å². The molecule has 1 unspecified atom stereocenters. The molecule has 2 aromatic rings. The smallest absolute Gasteiger partial charge is 0.294 e. The number of ketones is 1. The molecule has 26 heavy (non-hydrogen) atoms. The molecular formula is C20H19ClN2O3. The first kappa shape index (κ1) is 18.1. The number of benzene rings is 1. The first-order chi connectivity index (χ1) is 12.2. The maximum Gasteiger partial charge on any atom is 0.294 e. The predicted molar refractivity (Wildman–Crippen MR) is 100 cm³/mol. The zero-order valence-electron chi connectivity index (χ0n) is 14.7. The number of aliphatic hydroxyl groups is 1. The molecule has 6 heteroatoms. The third-order valence-corrected chi connectivity index (χ3v) is 4.51. The van der Waals surface area contributed by atoms with Crippen molar-refractivity contribution in [2.24, 2.45) is 5.41 Å². The molecular weight excluding hydrogens is 352 g/mol. The summed E-state index contributed by atoms with van der Waals surface area (Å²) in [5, 5.41) is 11.1. The van der Waals surface area contributed by atoms with E-state index in [0.717, 1.165) is 0 Å². The van der Waals surface area contributed by atoms with Gasteiger partial charge >= 0.3 is 0 Å². The van der Waals surface area contributed by atoms with Crippen molar-refractivity contribution in [3.63, 3.8) is 0 Å². The van der Waals surface area contributed by atoms with Gasteiger partial charge in [0, 0.05) is 28.5 Å². The summed E-state index contributed by atoms with van der Waals surface area (Å²) in [5.41, 5.74) is 0.596. The Morgan fingerprint density at radius 2 is 1.69 bits per heavy atom. The summed E-state index contributed by atoms with van der Waals surface area (Å²) in [6, 6.07) is 9.44. The number of hydrogen-bond acceptors (Lipinski definition) is 4. The van der Waals surface area contributed by atoms with E-state index < -0.39 is 23.1 Å². The van der Waals surface area contributed by atoms with Gasteiger partial charge < -0.3 is 5.11 Å². The molecule has 1 aromatic carbocycles. The molecule has 0 fully saturated rings. The lowest BCUT2D eigenvalue weighted by Crippen LogP contribution is -2.32. The SMILES string of the molecule is CC(C)(C)C(=O)C1=C(O)C(=O)N(c2ccc(Cl)cc2)C1c1ccncc1. The lowest BCUT2D eigenvalue weighted by Gasteiger charge is -2.28. The van der Waals surface area contributed by atoms with Crippen molar-refractivity contribution in [3.05, 3.63) is 70.7 Å². The fourth-order valence-corrected chi connectivity index (χ4v) is 3.10. The Morgan fingerprint density at radius 1 is 1.12 bits per heavy atom. The number of carbonyl (C=O) groups excluding carboxylic acids is 2. The second-order valence-electron chi connectivity index (χ2n) is 7.18. The van der Waals surface area contributed by atoms with E-state index in [0.29, 0.717) is 16.3 Å². The van der Waals surface area contributed by atoms with Gasteiger partial charge in [0.2, 0.25) is 0 Å². The molecule has 0 aliphatic carbocycles. The number of aliphatic hydroxyl groups excluding tert-OH is 1. The van der Waals surface area contributed by atoms with Gasteiger partial charge in [0.15, 0.2) is 11.5 Å². The van der Waals surface area contributed by atoms with Crippen LogP contribution in [0.4, 0.5) is 5.69 Å². The van der Waals surface area contributed by atoms with Crippen LogP contribution < -0.4 is 4.90 Å². The van der Waals surface area contributed by atoms with Crippen LogP contribution in [-0.4, -0.2) is 21.8 Å². The monoisotopic (exact) mass is 370 g/mol. The van der Waals surface area contributed by atoms with Gasteiger partial charge in [-0.2, -0.15) is 0 Å². The van der Waals surface area contributed by atoms with Crippen molar-refractivity contribution in [2.45, 2.75) is 26.8 Å². The molecule has 0 saturated heterocycles. The lowest BCUT2D eigenvalue weighted by atomic mass is 9.82. The molecule has 0 bridgehead atoms. The fraction of sp³-hybridized carbons (Fsp3) is 0.250. The van der Waals surface area contributed by atoms with Gasteiger partial charge in [0.25, 0.3) is 5.91 Å². The van der Waals surface area contributed by atoms with Crippen molar-refractivity contribution in [1.82, 2.24) is 4.98 Å². The fourth-order valence-electron chi connectivity index (χ4n) is 2.97. The highest BCUT2D eigenvalue weighted by molar-refractivity contribution is 6.30. The van der Waals surface area contributed by atoms with Crippen molar-refractivity contribution in [2.75, 3.05) is 4.90 Å². The molecule has 134 valence electrons. The van der Waals surface area contributed by atoms with Crippen LogP contribution in [0.3, 0.4) is 0 Å². The minimum Gasteiger partial charge on any atom is -0.503 e. The highest BCUT2D eigenvalue weighted by atomic mass is 35.5. The average Bonchev–Trinajstić information content (AvgIpc) is 2.86. The number of nitrogens with zero attached hydrogens (tertiary/aromatic N) is 2. The Morgan fingerprint density at radius 3 is 2.23 bits per heavy atom. The van der Waals surface area contributed by atoms with Crippen LogP contribution in [0.5, 0.6) is 0 Å². The highest BCUT2D eigenvalue weighted by Crippen LogP contribution is 2.43. The van der Waals surface area contributed by atoms with Gasteiger partial charge in [-0.3, -0.25) is 19.5 Å². The third kappa shape index (κ3) is 3.10. The Hall–Kier alpha value is -2.66. The molecule has 0 spiro atoms. The zero-order valence-corrected chi connectivity index (χ0v) is 15.5. The van der Waals surface area contributed by atoms with E-state index in [-0.39, 0.29) is 11.4 Å². The summed E-state index contributed by atoms with van der Waals surface area (Å²) in [6.07, 6.45) is 3.18. The molecule has 2 heterocycles. The maximum atomic E-state index is 13.0. The number of anilines is 1. The molecule has 3 rings (SSSR count). The Kier molecular flexibility index (Phi) is 4.59. The van der Waals surface area contributed by atoms with E-state index in [9.17, 15) is 14.7 Å². The second-order valence-corrected chi connectivity index (χ2v) is 7.61. The largest absolute Gasteiger partial charge is 0.503 e. The van der Waals surface area contributed by atoms with Gasteiger partial charge in [-0.25, -0.2) is 0 Å². The first-order valence-corrected chi connectivity index (χ1v) is 8.56. The molecule has 5 nitrogen and oxygen atoms in total. The summed E-state index contributed by atoms with van der Waals surface area (Å²) < 4.78 is 0. The zero-order chi connectivity index (χ0) is 19.1. The number of rotatable bonds is 3. The first-order valence-electron chi connectivity index (χ1n) is 8.19. The average molecular weight is 371 g/mol. The standard InChI is InChI=1S/C20H19ClN2O3/c1-20(2,3)18(25)15-16(12-8-10-22-11-9-12)23(19(26)17(15)24)14-6-4-13(21)5-7-14/h4-11,16,24H,1-3H3. The lowest BCUT2D eigenvalue weighted by molar-refractivity contribution is -0.123. The van der Waals surface area contributed by atoms with E-state index in [1.807, 2.05) is 0 Å². The quantitative estimate of drug-likeness (QED) is 0.876. The number of Topliss-reactive ketones (excluding diaryl/α,β-unsaturated/α-hetero) is 1. The molecule has 1 amide bonds. The predicted octanol–water partition coefficient (Wildman–Crippen LogP) is 4.25. The summed E-state index contributed by atoms with van der Waals surface area (Å²) in [6.45, 7) is 5.28. The highest BCUT2D eigenvalue weighted by Gasteiger charge is 2.46. The molecule has 1 aliphatic rings. The van der Waals surface area contributed by atoms with Crippen LogP contribution in [0, 0.1) is 5.41 Å². The van der Waals surface area contributed by atoms with Crippen molar-refractivity contribution in [1.29, 1.82) is 0 Å². The van der Waals surface area contributed by atoms with Crippen LogP contribution in [-0.2, 0) is 9.59 Å². The van der Waals surface area contributed by atoms with Gasteiger partial charge in [-0.05, 0) is 42.0 Å². The van der Waals surface area contributed by atoms with Crippen LogP contribution >= 0.6 is 11.6 Å². The number of aromatic nitrogens is 1. The summed E-state index contributed by atoms with van der Waals surface area (Å²) >= 11 is 5.95. The van der Waals surface area contributed by atoms with Crippen LogP contribution in [0.25, 0.3) is 0 Å². The second kappa shape index (κ2) is 6.57. The summed E-state index contributed by atoms with van der Waals surface area (Å²) in [5.74, 6) is -1.40. The van der Waals surface area contributed by atoms with E-state index >= 15 is 0 Å². The molecule has 1 aliphatic heterocycles. The van der Waals surface area contributed by atoms with E-state index in [2.05, 4.69) is 4.98 Å². The van der Waals surface area contributed by atoms with Gasteiger partial charge in [0.1, 0.15) is 0 Å². The number of pyridine rings is 1. The minimum atomic E-state index is -0.745. The summed E-state index contributed by atoms with van der Waals surface area (Å²) in [4.78, 5) is 31.3. The number of halogens is 1. The Bertz CT molecular complexity index is 884. The Balaban J connectivity index is 2.19. The molecule has 1 N–H and O–H groups in total. The van der Waals surface area contributed by atoms with Gasteiger partial charge in [-0.15, -0.1) is 0 Å². The Labute approximate surface area is 156 Å². The number of carbonyl (C=O) groups is 2.